The summed E-state index contributed by atoms with van der Waals surface area (Å²) in [5, 5.41) is 9.59. The number of piperidine rings is 1. The normalized spacial score (nSPS) is 31.6. The molecule has 0 aromatic heterocycles. The molecule has 88 valence electrons. The first-order valence-electron chi connectivity index (χ1n) is 6.00. The van der Waals surface area contributed by atoms with Crippen LogP contribution in [-0.2, 0) is 5.41 Å². The maximum Gasteiger partial charge on any atom is 0.115 e. The fourth-order valence-electron chi connectivity index (χ4n) is 2.72. The number of rotatable bonds is 1. The van der Waals surface area contributed by atoms with Crippen molar-refractivity contribution < 1.29 is 5.11 Å². The van der Waals surface area contributed by atoms with E-state index in [0.29, 0.717) is 11.7 Å². The molecular weight excluding hydrogens is 198 g/mol. The van der Waals surface area contributed by atoms with E-state index in [2.05, 4.69) is 31.9 Å². The smallest absolute Gasteiger partial charge is 0.115 e. The molecule has 2 atom stereocenters. The van der Waals surface area contributed by atoms with Crippen molar-refractivity contribution in [2.45, 2.75) is 25.7 Å². The summed E-state index contributed by atoms with van der Waals surface area (Å²) in [5.41, 5.74) is 1.47. The topological polar surface area (TPSA) is 23.5 Å². The van der Waals surface area contributed by atoms with Gasteiger partial charge in [0.25, 0.3) is 0 Å². The van der Waals surface area contributed by atoms with Gasteiger partial charge in [0.15, 0.2) is 0 Å². The standard InChI is InChI=1S/C14H21NO/c1-11-10-15(3)8-7-14(11,2)12-5-4-6-13(16)9-12/h4-6,9,11,16H,7-8,10H2,1-3H3/t11-,14-/m1/s1. The zero-order valence-corrected chi connectivity index (χ0v) is 10.4. The number of phenols is 1. The fourth-order valence-corrected chi connectivity index (χ4v) is 2.72. The lowest BCUT2D eigenvalue weighted by Crippen LogP contribution is -2.45. The minimum absolute atomic E-state index is 0.200. The van der Waals surface area contributed by atoms with Gasteiger partial charge in [-0.15, -0.1) is 0 Å². The van der Waals surface area contributed by atoms with Crippen molar-refractivity contribution in [3.05, 3.63) is 29.8 Å². The molecular formula is C14H21NO. The molecule has 0 radical (unpaired) electrons. The summed E-state index contributed by atoms with van der Waals surface area (Å²) < 4.78 is 0. The van der Waals surface area contributed by atoms with Crippen LogP contribution >= 0.6 is 0 Å². The van der Waals surface area contributed by atoms with Gasteiger partial charge < -0.3 is 10.0 Å². The lowest BCUT2D eigenvalue weighted by Gasteiger charge is -2.44. The molecule has 16 heavy (non-hydrogen) atoms. The van der Waals surface area contributed by atoms with E-state index in [0.717, 1.165) is 19.5 Å². The minimum Gasteiger partial charge on any atom is -0.508 e. The Bertz CT molecular complexity index is 377. The van der Waals surface area contributed by atoms with Crippen LogP contribution in [-0.4, -0.2) is 30.1 Å². The van der Waals surface area contributed by atoms with Crippen LogP contribution in [0.4, 0.5) is 0 Å². The molecule has 0 aliphatic carbocycles. The van der Waals surface area contributed by atoms with Crippen molar-refractivity contribution >= 4 is 0 Å². The van der Waals surface area contributed by atoms with E-state index in [-0.39, 0.29) is 5.41 Å². The third-order valence-corrected chi connectivity index (χ3v) is 4.19. The van der Waals surface area contributed by atoms with E-state index < -0.39 is 0 Å². The maximum atomic E-state index is 9.59. The molecule has 1 saturated heterocycles. The molecule has 0 bridgehead atoms. The number of phenolic OH excluding ortho intramolecular Hbond substituents is 1. The number of aromatic hydroxyl groups is 1. The Kier molecular flexibility index (Phi) is 2.94. The van der Waals surface area contributed by atoms with Crippen LogP contribution in [0.25, 0.3) is 0 Å². The number of likely N-dealkylation sites (tertiary alicyclic amines) is 1. The Morgan fingerprint density at radius 1 is 1.44 bits per heavy atom. The minimum atomic E-state index is 0.200. The van der Waals surface area contributed by atoms with Crippen LogP contribution in [0.1, 0.15) is 25.8 Å². The van der Waals surface area contributed by atoms with Crippen molar-refractivity contribution in [2.75, 3.05) is 20.1 Å². The van der Waals surface area contributed by atoms with Gasteiger partial charge in [-0.3, -0.25) is 0 Å². The lowest BCUT2D eigenvalue weighted by molar-refractivity contribution is 0.133. The van der Waals surface area contributed by atoms with Gasteiger partial charge in [-0.25, -0.2) is 0 Å². The fraction of sp³-hybridized carbons (Fsp3) is 0.571. The van der Waals surface area contributed by atoms with Crippen molar-refractivity contribution in [1.82, 2.24) is 4.90 Å². The van der Waals surface area contributed by atoms with E-state index >= 15 is 0 Å². The molecule has 0 amide bonds. The summed E-state index contributed by atoms with van der Waals surface area (Å²) in [6, 6.07) is 7.75. The van der Waals surface area contributed by atoms with Gasteiger partial charge >= 0.3 is 0 Å². The second-order valence-electron chi connectivity index (χ2n) is 5.38. The third-order valence-electron chi connectivity index (χ3n) is 4.19. The second kappa shape index (κ2) is 4.10. The van der Waals surface area contributed by atoms with Crippen LogP contribution in [0, 0.1) is 5.92 Å². The highest BCUT2D eigenvalue weighted by Gasteiger charge is 2.36. The summed E-state index contributed by atoms with van der Waals surface area (Å²) in [7, 11) is 2.18. The van der Waals surface area contributed by atoms with Gasteiger partial charge in [0.2, 0.25) is 0 Å². The zero-order chi connectivity index (χ0) is 11.8. The molecule has 1 heterocycles. The summed E-state index contributed by atoms with van der Waals surface area (Å²) >= 11 is 0. The first-order valence-corrected chi connectivity index (χ1v) is 6.00. The Balaban J connectivity index is 2.31. The highest BCUT2D eigenvalue weighted by atomic mass is 16.3. The molecule has 1 N–H and O–H groups in total. The Hall–Kier alpha value is -1.02. The highest BCUT2D eigenvalue weighted by Crippen LogP contribution is 2.39. The molecule has 2 rings (SSSR count). The van der Waals surface area contributed by atoms with Crippen LogP contribution in [0.2, 0.25) is 0 Å². The van der Waals surface area contributed by atoms with Crippen LogP contribution in [0.5, 0.6) is 5.75 Å². The molecule has 1 aromatic carbocycles. The van der Waals surface area contributed by atoms with Gasteiger partial charge in [-0.1, -0.05) is 26.0 Å². The molecule has 1 aromatic rings. The molecule has 1 fully saturated rings. The van der Waals surface area contributed by atoms with E-state index in [1.54, 1.807) is 6.07 Å². The van der Waals surface area contributed by atoms with Gasteiger partial charge in [0.05, 0.1) is 0 Å². The molecule has 2 nitrogen and oxygen atoms in total. The van der Waals surface area contributed by atoms with Crippen LogP contribution in [0.15, 0.2) is 24.3 Å². The summed E-state index contributed by atoms with van der Waals surface area (Å²) in [6.45, 7) is 6.89. The SMILES string of the molecule is C[C@@H]1CN(C)CC[C@@]1(C)c1cccc(O)c1. The van der Waals surface area contributed by atoms with E-state index in [9.17, 15) is 5.11 Å². The van der Waals surface area contributed by atoms with Crippen molar-refractivity contribution in [1.29, 1.82) is 0 Å². The monoisotopic (exact) mass is 219 g/mol. The largest absolute Gasteiger partial charge is 0.508 e. The quantitative estimate of drug-likeness (QED) is 0.785. The molecule has 2 heteroatoms. The highest BCUT2D eigenvalue weighted by molar-refractivity contribution is 5.33. The first kappa shape index (κ1) is 11.5. The van der Waals surface area contributed by atoms with Crippen LogP contribution < -0.4 is 0 Å². The summed E-state index contributed by atoms with van der Waals surface area (Å²) in [5.74, 6) is 0.998. The van der Waals surface area contributed by atoms with Gasteiger partial charge in [0.1, 0.15) is 5.75 Å². The predicted octanol–water partition coefficient (Wildman–Crippen LogP) is 2.62. The molecule has 0 saturated carbocycles. The van der Waals surface area contributed by atoms with Crippen molar-refractivity contribution in [3.8, 4) is 5.75 Å². The molecule has 1 aliphatic heterocycles. The number of nitrogens with zero attached hydrogens (tertiary/aromatic N) is 1. The molecule has 1 aliphatic rings. The Morgan fingerprint density at radius 2 is 2.19 bits per heavy atom. The number of hydrogen-bond donors (Lipinski definition) is 1. The van der Waals surface area contributed by atoms with Gasteiger partial charge in [0, 0.05) is 6.54 Å². The van der Waals surface area contributed by atoms with Gasteiger partial charge in [-0.2, -0.15) is 0 Å². The van der Waals surface area contributed by atoms with E-state index in [1.165, 1.54) is 5.56 Å². The van der Waals surface area contributed by atoms with Crippen LogP contribution in [0.3, 0.4) is 0 Å². The number of benzene rings is 1. The van der Waals surface area contributed by atoms with E-state index in [4.69, 9.17) is 0 Å². The summed E-state index contributed by atoms with van der Waals surface area (Å²) in [6.07, 6.45) is 1.16. The number of hydrogen-bond acceptors (Lipinski definition) is 2. The Morgan fingerprint density at radius 3 is 2.81 bits per heavy atom. The average molecular weight is 219 g/mol. The maximum absolute atomic E-state index is 9.59. The zero-order valence-electron chi connectivity index (χ0n) is 10.4. The van der Waals surface area contributed by atoms with Crippen molar-refractivity contribution in [3.63, 3.8) is 0 Å². The average Bonchev–Trinajstić information content (AvgIpc) is 2.24. The Labute approximate surface area is 97.9 Å². The molecule has 0 unspecified atom stereocenters. The third kappa shape index (κ3) is 1.94. The first-order chi connectivity index (χ1) is 7.52. The van der Waals surface area contributed by atoms with E-state index in [1.807, 2.05) is 12.1 Å². The van der Waals surface area contributed by atoms with Crippen molar-refractivity contribution in [2.24, 2.45) is 5.92 Å². The molecule has 0 spiro atoms. The lowest BCUT2D eigenvalue weighted by atomic mass is 9.68. The predicted molar refractivity (Wildman–Crippen MR) is 66.7 cm³/mol. The van der Waals surface area contributed by atoms with Gasteiger partial charge in [-0.05, 0) is 49.0 Å². The summed E-state index contributed by atoms with van der Waals surface area (Å²) in [4.78, 5) is 2.38. The second-order valence-corrected chi connectivity index (χ2v) is 5.38.